The van der Waals surface area contributed by atoms with Crippen molar-refractivity contribution < 1.29 is 18.8 Å². The summed E-state index contributed by atoms with van der Waals surface area (Å²) in [5.74, 6) is 6.43. The monoisotopic (exact) mass is 457 g/mol. The van der Waals surface area contributed by atoms with E-state index in [0.29, 0.717) is 35.0 Å². The lowest BCUT2D eigenvalue weighted by Crippen LogP contribution is -2.12. The second-order valence-corrected chi connectivity index (χ2v) is 7.76. The van der Waals surface area contributed by atoms with Gasteiger partial charge in [0.1, 0.15) is 0 Å². The summed E-state index contributed by atoms with van der Waals surface area (Å²) in [6, 6.07) is 16.1. The van der Waals surface area contributed by atoms with Gasteiger partial charge in [-0.3, -0.25) is 4.79 Å². The fourth-order valence-corrected chi connectivity index (χ4v) is 3.60. The Hall–Kier alpha value is -4.22. The molecule has 2 heterocycles. The van der Waals surface area contributed by atoms with Gasteiger partial charge in [-0.25, -0.2) is 4.79 Å². The van der Waals surface area contributed by atoms with Gasteiger partial charge in [-0.05, 0) is 47.8 Å². The van der Waals surface area contributed by atoms with E-state index < -0.39 is 5.97 Å². The maximum Gasteiger partial charge on any atom is 0.337 e. The molecule has 0 spiro atoms. The Morgan fingerprint density at radius 2 is 1.88 bits per heavy atom. The van der Waals surface area contributed by atoms with Crippen LogP contribution in [0.5, 0.6) is 0 Å². The summed E-state index contributed by atoms with van der Waals surface area (Å²) in [6.07, 6.45) is 0.556. The van der Waals surface area contributed by atoms with Crippen molar-refractivity contribution in [2.75, 3.05) is 12.4 Å². The molecule has 0 radical (unpaired) electrons. The zero-order valence-electron chi connectivity index (χ0n) is 17.7. The first kappa shape index (κ1) is 22.0. The first-order valence-electron chi connectivity index (χ1n) is 10.1. The van der Waals surface area contributed by atoms with Crippen molar-refractivity contribution in [3.05, 3.63) is 87.9 Å². The van der Waals surface area contributed by atoms with Crippen LogP contribution in [0.2, 0.25) is 0 Å². The number of esters is 1. The number of hydrogen-bond acceptors (Lipinski definition) is 7. The molecule has 2 aromatic carbocycles. The smallest absolute Gasteiger partial charge is 0.337 e. The molecule has 0 aliphatic carbocycles. The third kappa shape index (κ3) is 5.93. The van der Waals surface area contributed by atoms with Gasteiger partial charge in [-0.1, -0.05) is 29.1 Å². The fourth-order valence-electron chi connectivity index (χ4n) is 2.97. The summed E-state index contributed by atoms with van der Waals surface area (Å²) in [5, 5.41) is 10.7. The SMILES string of the molecule is COC(=O)c1cccc(C#Cc2cccc(NC(=O)CCc3nc(-c4ccsc4)no3)c2)c1. The van der Waals surface area contributed by atoms with E-state index in [2.05, 4.69) is 27.3 Å². The second-order valence-electron chi connectivity index (χ2n) is 6.98. The molecule has 8 heteroatoms. The standard InChI is InChI=1S/C25H19N3O4S/c1-31-25(30)19-6-2-4-17(14-19)8-9-18-5-3-7-21(15-18)26-22(29)10-11-23-27-24(28-32-23)20-12-13-33-16-20/h2-7,12-16H,10-11H2,1H3,(H,26,29). The molecule has 7 nitrogen and oxygen atoms in total. The molecule has 1 amide bonds. The summed E-state index contributed by atoms with van der Waals surface area (Å²) in [7, 11) is 1.34. The molecule has 164 valence electrons. The minimum absolute atomic E-state index is 0.166. The van der Waals surface area contributed by atoms with Gasteiger partial charge in [0.25, 0.3) is 0 Å². The van der Waals surface area contributed by atoms with Crippen LogP contribution >= 0.6 is 11.3 Å². The van der Waals surface area contributed by atoms with Gasteiger partial charge in [0.2, 0.25) is 17.6 Å². The first-order valence-corrected chi connectivity index (χ1v) is 11.0. The zero-order chi connectivity index (χ0) is 23.0. The Morgan fingerprint density at radius 3 is 2.64 bits per heavy atom. The number of ether oxygens (including phenoxy) is 1. The van der Waals surface area contributed by atoms with Crippen molar-refractivity contribution in [3.63, 3.8) is 0 Å². The molecule has 4 aromatic rings. The number of carbonyl (C=O) groups excluding carboxylic acids is 2. The Labute approximate surface area is 194 Å². The largest absolute Gasteiger partial charge is 0.465 e. The molecule has 0 saturated heterocycles. The Kier molecular flexibility index (Phi) is 6.93. The molecular weight excluding hydrogens is 438 g/mol. The lowest BCUT2D eigenvalue weighted by Gasteiger charge is -2.04. The molecule has 0 bridgehead atoms. The maximum atomic E-state index is 12.4. The normalized spacial score (nSPS) is 10.2. The van der Waals surface area contributed by atoms with Gasteiger partial charge in [0, 0.05) is 40.6 Å². The zero-order valence-corrected chi connectivity index (χ0v) is 18.5. The van der Waals surface area contributed by atoms with Crippen LogP contribution in [0.25, 0.3) is 11.4 Å². The number of aromatic nitrogens is 2. The van der Waals surface area contributed by atoms with Crippen molar-refractivity contribution in [1.82, 2.24) is 10.1 Å². The maximum absolute atomic E-state index is 12.4. The molecule has 0 aliphatic heterocycles. The summed E-state index contributed by atoms with van der Waals surface area (Å²) in [4.78, 5) is 28.3. The fraction of sp³-hybridized carbons (Fsp3) is 0.120. The average molecular weight is 458 g/mol. The number of hydrogen-bond donors (Lipinski definition) is 1. The van der Waals surface area contributed by atoms with Crippen molar-refractivity contribution in [3.8, 4) is 23.2 Å². The minimum atomic E-state index is -0.411. The van der Waals surface area contributed by atoms with Crippen LogP contribution in [0.1, 0.15) is 33.8 Å². The predicted octanol–water partition coefficient (Wildman–Crippen LogP) is 4.56. The Balaban J connectivity index is 1.35. The van der Waals surface area contributed by atoms with Gasteiger partial charge < -0.3 is 14.6 Å². The summed E-state index contributed by atoms with van der Waals surface area (Å²) in [5.41, 5.74) is 3.39. The van der Waals surface area contributed by atoms with Crippen molar-refractivity contribution in [2.24, 2.45) is 0 Å². The number of amides is 1. The van der Waals surface area contributed by atoms with E-state index in [1.54, 1.807) is 41.7 Å². The van der Waals surface area contributed by atoms with Gasteiger partial charge in [-0.15, -0.1) is 0 Å². The molecular formula is C25H19N3O4S. The molecule has 4 rings (SSSR count). The number of methoxy groups -OCH3 is 1. The third-order valence-corrected chi connectivity index (χ3v) is 5.28. The lowest BCUT2D eigenvalue weighted by molar-refractivity contribution is -0.116. The topological polar surface area (TPSA) is 94.3 Å². The molecule has 1 N–H and O–H groups in total. The van der Waals surface area contributed by atoms with Gasteiger partial charge in [-0.2, -0.15) is 16.3 Å². The second kappa shape index (κ2) is 10.4. The van der Waals surface area contributed by atoms with E-state index in [0.717, 1.165) is 11.1 Å². The first-order chi connectivity index (χ1) is 16.1. The van der Waals surface area contributed by atoms with E-state index >= 15 is 0 Å². The van der Waals surface area contributed by atoms with Crippen LogP contribution in [-0.4, -0.2) is 29.1 Å². The van der Waals surface area contributed by atoms with E-state index in [4.69, 9.17) is 9.26 Å². The van der Waals surface area contributed by atoms with Crippen molar-refractivity contribution in [1.29, 1.82) is 0 Å². The molecule has 0 aliphatic rings. The Bertz CT molecular complexity index is 1330. The molecule has 2 aromatic heterocycles. The van der Waals surface area contributed by atoms with Gasteiger partial charge >= 0.3 is 5.97 Å². The van der Waals surface area contributed by atoms with E-state index in [9.17, 15) is 9.59 Å². The van der Waals surface area contributed by atoms with Gasteiger partial charge in [0.15, 0.2) is 0 Å². The quantitative estimate of drug-likeness (QED) is 0.337. The van der Waals surface area contributed by atoms with E-state index in [1.807, 2.05) is 35.0 Å². The molecule has 0 saturated carbocycles. The molecule has 0 atom stereocenters. The van der Waals surface area contributed by atoms with E-state index in [1.165, 1.54) is 7.11 Å². The summed E-state index contributed by atoms with van der Waals surface area (Å²) < 4.78 is 9.96. The predicted molar refractivity (Wildman–Crippen MR) is 125 cm³/mol. The number of thiophene rings is 1. The number of carbonyl (C=O) groups is 2. The highest BCUT2D eigenvalue weighted by Crippen LogP contribution is 2.19. The third-order valence-electron chi connectivity index (χ3n) is 4.59. The molecule has 33 heavy (non-hydrogen) atoms. The van der Waals surface area contributed by atoms with Crippen LogP contribution in [0.15, 0.2) is 69.9 Å². The highest BCUT2D eigenvalue weighted by molar-refractivity contribution is 7.08. The number of nitrogens with one attached hydrogen (secondary N) is 1. The highest BCUT2D eigenvalue weighted by atomic mass is 32.1. The number of aryl methyl sites for hydroxylation is 1. The average Bonchev–Trinajstić information content (AvgIpc) is 3.53. The van der Waals surface area contributed by atoms with Crippen molar-refractivity contribution in [2.45, 2.75) is 12.8 Å². The summed E-state index contributed by atoms with van der Waals surface area (Å²) in [6.45, 7) is 0. The number of anilines is 1. The highest BCUT2D eigenvalue weighted by Gasteiger charge is 2.11. The lowest BCUT2D eigenvalue weighted by atomic mass is 10.1. The van der Waals surface area contributed by atoms with E-state index in [-0.39, 0.29) is 12.3 Å². The van der Waals surface area contributed by atoms with Crippen LogP contribution in [-0.2, 0) is 16.0 Å². The number of nitrogens with zero attached hydrogens (tertiary/aromatic N) is 2. The van der Waals surface area contributed by atoms with Gasteiger partial charge in [0.05, 0.1) is 12.7 Å². The minimum Gasteiger partial charge on any atom is -0.465 e. The number of rotatable bonds is 6. The molecule has 0 fully saturated rings. The van der Waals surface area contributed by atoms with Crippen LogP contribution in [0.3, 0.4) is 0 Å². The van der Waals surface area contributed by atoms with Crippen LogP contribution in [0, 0.1) is 11.8 Å². The molecule has 0 unspecified atom stereocenters. The van der Waals surface area contributed by atoms with Crippen LogP contribution < -0.4 is 5.32 Å². The summed E-state index contributed by atoms with van der Waals surface area (Å²) >= 11 is 1.56. The Morgan fingerprint density at radius 1 is 1.09 bits per heavy atom. The number of benzene rings is 2. The van der Waals surface area contributed by atoms with Crippen molar-refractivity contribution >= 4 is 28.9 Å². The van der Waals surface area contributed by atoms with Crippen LogP contribution in [0.4, 0.5) is 5.69 Å².